The second-order valence-corrected chi connectivity index (χ2v) is 16.8. The van der Waals surface area contributed by atoms with Crippen LogP contribution in [0, 0.1) is 0 Å². The second kappa shape index (κ2) is 19.2. The first-order valence-corrected chi connectivity index (χ1v) is 20.8. The molecular weight excluding hydrogens is 633 g/mol. The summed E-state index contributed by atoms with van der Waals surface area (Å²) in [7, 11) is -3.75. The van der Waals surface area contributed by atoms with Crippen molar-refractivity contribution in [1.29, 1.82) is 0 Å². The Morgan fingerprint density at radius 2 is 1.51 bits per heavy atom. The quantitative estimate of drug-likeness (QED) is 0.0639. The first-order chi connectivity index (χ1) is 19.9. The Bertz CT molecular complexity index is 970. The molecule has 0 aromatic heterocycles. The van der Waals surface area contributed by atoms with E-state index in [2.05, 4.69) is 22.0 Å². The Kier molecular flexibility index (Phi) is 16.5. The van der Waals surface area contributed by atoms with Crippen LogP contribution in [0.5, 0.6) is 11.5 Å². The molecule has 3 atom stereocenters. The molecule has 41 heavy (non-hydrogen) atoms. The molecule has 9 nitrogen and oxygen atoms in total. The van der Waals surface area contributed by atoms with Crippen molar-refractivity contribution in [2.24, 2.45) is 0 Å². The number of rotatable bonds is 23. The van der Waals surface area contributed by atoms with E-state index in [9.17, 15) is 4.57 Å². The second-order valence-electron chi connectivity index (χ2n) is 10.4. The van der Waals surface area contributed by atoms with Gasteiger partial charge in [-0.3, -0.25) is 0 Å². The molecule has 0 aliphatic carbocycles. The molecule has 0 saturated carbocycles. The third-order valence-corrected chi connectivity index (χ3v) is 12.6. The van der Waals surface area contributed by atoms with Crippen LogP contribution in [0.25, 0.3) is 0 Å². The Labute approximate surface area is 254 Å². The van der Waals surface area contributed by atoms with Gasteiger partial charge in [-0.25, -0.2) is 0 Å². The van der Waals surface area contributed by atoms with Crippen LogP contribution < -0.4 is 9.47 Å². The molecule has 236 valence electrons. The van der Waals surface area contributed by atoms with Gasteiger partial charge in [0, 0.05) is 0 Å². The molecule has 3 rings (SSSR count). The minimum absolute atomic E-state index is 0.130. The molecule has 1 aromatic carbocycles. The average molecular weight is 684 g/mol. The monoisotopic (exact) mass is 684 g/mol. The van der Waals surface area contributed by atoms with E-state index in [4.69, 9.17) is 36.8 Å². The van der Waals surface area contributed by atoms with E-state index in [1.807, 2.05) is 0 Å². The maximum absolute atomic E-state index is 13.9. The molecule has 0 amide bonds. The molecule has 2 aliphatic rings. The summed E-state index contributed by atoms with van der Waals surface area (Å²) in [5.74, 6) is 0.0779. The van der Waals surface area contributed by atoms with Gasteiger partial charge in [-0.15, -0.1) is 0 Å². The molecule has 1 aromatic rings. The first kappa shape index (κ1) is 35.2. The van der Waals surface area contributed by atoms with Gasteiger partial charge in [0.2, 0.25) is 0 Å². The van der Waals surface area contributed by atoms with Crippen LogP contribution in [0.1, 0.15) is 109 Å². The predicted molar refractivity (Wildman–Crippen MR) is 163 cm³/mol. The first-order valence-electron chi connectivity index (χ1n) is 15.4. The SMILES string of the molecule is CCCCCCCCCCCCCCOCC1COP(=[Se])(OC(c2ccc3c(c2)OCO3)P(=O)(OCC)OCC)O1. The predicted octanol–water partition coefficient (Wildman–Crippen LogP) is 8.68. The van der Waals surface area contributed by atoms with Gasteiger partial charge < -0.3 is 0 Å². The van der Waals surface area contributed by atoms with Crippen molar-refractivity contribution in [3.8, 4) is 11.5 Å². The van der Waals surface area contributed by atoms with Crippen molar-refractivity contribution in [1.82, 2.24) is 0 Å². The fourth-order valence-electron chi connectivity index (χ4n) is 4.83. The van der Waals surface area contributed by atoms with Gasteiger partial charge in [-0.1, -0.05) is 45.4 Å². The van der Waals surface area contributed by atoms with Crippen LogP contribution in [0.4, 0.5) is 0 Å². The molecule has 1 saturated heterocycles. The van der Waals surface area contributed by atoms with Crippen LogP contribution in [-0.2, 0) is 31.9 Å². The normalized spacial score (nSPS) is 21.0. The van der Waals surface area contributed by atoms with E-state index in [0.29, 0.717) is 36.9 Å². The van der Waals surface area contributed by atoms with E-state index in [1.54, 1.807) is 32.0 Å². The van der Waals surface area contributed by atoms with Gasteiger partial charge in [0.15, 0.2) is 0 Å². The summed E-state index contributed by atoms with van der Waals surface area (Å²) in [6, 6.07) is 5.25. The Hall–Kier alpha value is -0.241. The van der Waals surface area contributed by atoms with Crippen molar-refractivity contribution in [2.75, 3.05) is 39.8 Å². The topological polar surface area (TPSA) is 90.9 Å². The van der Waals surface area contributed by atoms with Crippen LogP contribution in [0.3, 0.4) is 0 Å². The Balaban J connectivity index is 1.40. The zero-order chi connectivity index (χ0) is 29.4. The third kappa shape index (κ3) is 12.0. The summed E-state index contributed by atoms with van der Waals surface area (Å²) in [5, 5.41) is 0. The molecule has 0 radical (unpaired) electrons. The van der Waals surface area contributed by atoms with Crippen LogP contribution >= 0.6 is 13.8 Å². The molecule has 0 N–H and O–H groups in total. The molecule has 0 spiro atoms. The Morgan fingerprint density at radius 1 is 0.902 bits per heavy atom. The molecular formula is C29H50O9P2Se. The fraction of sp³-hybridized carbons (Fsp3) is 0.793. The summed E-state index contributed by atoms with van der Waals surface area (Å²) < 4.78 is 60.4. The van der Waals surface area contributed by atoms with Crippen molar-refractivity contribution in [3.63, 3.8) is 0 Å². The minimum atomic E-state index is -3.75. The van der Waals surface area contributed by atoms with Gasteiger partial charge in [0.1, 0.15) is 0 Å². The number of fused-ring (bicyclic) bond motifs is 1. The Morgan fingerprint density at radius 3 is 2.15 bits per heavy atom. The van der Waals surface area contributed by atoms with Crippen molar-refractivity contribution >= 4 is 28.9 Å². The maximum atomic E-state index is 13.9. The number of ether oxygens (including phenoxy) is 3. The fourth-order valence-corrected chi connectivity index (χ4v) is 10.8. The van der Waals surface area contributed by atoms with Crippen LogP contribution in [0.2, 0.25) is 0 Å². The van der Waals surface area contributed by atoms with Gasteiger partial charge in [0.05, 0.1) is 0 Å². The summed E-state index contributed by atoms with van der Waals surface area (Å²) in [5.41, 5.74) is 0.563. The third-order valence-electron chi connectivity index (χ3n) is 6.96. The van der Waals surface area contributed by atoms with Crippen LogP contribution in [-0.4, -0.2) is 61.0 Å². The van der Waals surface area contributed by atoms with E-state index in [-0.39, 0.29) is 26.1 Å². The van der Waals surface area contributed by atoms with E-state index < -0.39 is 19.6 Å². The zero-order valence-electron chi connectivity index (χ0n) is 25.1. The van der Waals surface area contributed by atoms with Gasteiger partial charge in [0.25, 0.3) is 0 Å². The van der Waals surface area contributed by atoms with E-state index in [0.717, 1.165) is 6.42 Å². The molecule has 0 bridgehead atoms. The van der Waals surface area contributed by atoms with Crippen molar-refractivity contribution in [2.45, 2.75) is 110 Å². The molecule has 2 aliphatic heterocycles. The molecule has 3 unspecified atom stereocenters. The number of hydrogen-bond acceptors (Lipinski definition) is 9. The molecule has 2 heterocycles. The number of hydrogen-bond donors (Lipinski definition) is 0. The van der Waals surface area contributed by atoms with E-state index >= 15 is 0 Å². The standard InChI is InChI=1S/C29H50O9P2Se/c1-4-7-8-9-10-11-12-13-14-15-16-17-20-31-22-26-23-36-40(41,37-26)38-29(39(30,34-5-2)35-6-3)25-18-19-27-28(21-25)33-24-32-27/h18-19,21,26,29H,4-17,20,22-24H2,1-3H3. The van der Waals surface area contributed by atoms with Gasteiger partial charge in [-0.05, 0) is 0 Å². The van der Waals surface area contributed by atoms with Gasteiger partial charge >= 0.3 is 210 Å². The van der Waals surface area contributed by atoms with Crippen molar-refractivity contribution in [3.05, 3.63) is 23.8 Å². The van der Waals surface area contributed by atoms with Crippen LogP contribution in [0.15, 0.2) is 18.2 Å². The number of benzene rings is 1. The summed E-state index contributed by atoms with van der Waals surface area (Å²) >= 11 is 2.94. The van der Waals surface area contributed by atoms with E-state index in [1.165, 1.54) is 70.6 Å². The average Bonchev–Trinajstić information content (AvgIpc) is 3.58. The zero-order valence-corrected chi connectivity index (χ0v) is 28.6. The molecule has 1 fully saturated rings. The van der Waals surface area contributed by atoms with Gasteiger partial charge in [-0.2, -0.15) is 0 Å². The number of unbranched alkanes of at least 4 members (excludes halogenated alkanes) is 11. The summed E-state index contributed by atoms with van der Waals surface area (Å²) in [6.07, 6.45) is 12.5. The molecule has 12 heteroatoms. The van der Waals surface area contributed by atoms with Crippen molar-refractivity contribution < 1.29 is 41.4 Å². The summed E-state index contributed by atoms with van der Waals surface area (Å²) in [4.78, 5) is 0. The summed E-state index contributed by atoms with van der Waals surface area (Å²) in [6.45, 7) is 7.73.